The summed E-state index contributed by atoms with van der Waals surface area (Å²) in [7, 11) is 1.30. The highest BCUT2D eigenvalue weighted by Gasteiger charge is 2.67. The van der Waals surface area contributed by atoms with E-state index in [2.05, 4.69) is 12.2 Å². The van der Waals surface area contributed by atoms with Crippen molar-refractivity contribution >= 4 is 23.5 Å². The zero-order valence-electron chi connectivity index (χ0n) is 13.2. The molecule has 1 aromatic carbocycles. The Morgan fingerprint density at radius 1 is 1.04 bits per heavy atom. The second-order valence-corrected chi connectivity index (χ2v) is 7.18. The molecule has 5 heteroatoms. The predicted octanol–water partition coefficient (Wildman–Crippen LogP) is 2.03. The summed E-state index contributed by atoms with van der Waals surface area (Å²) in [5.74, 6) is 0.0992. The van der Waals surface area contributed by atoms with Gasteiger partial charge < -0.3 is 4.74 Å². The molecule has 0 aromatic heterocycles. The SMILES string of the molecule is COC(=O)c1ccccc1N1C(=O)[C@@H]2[C@@H]3C=C[C@H]([C@@H]4C[C@H]34)[C@H]2C1=O. The van der Waals surface area contributed by atoms with Crippen LogP contribution in [0.3, 0.4) is 0 Å². The Morgan fingerprint density at radius 3 is 2.21 bits per heavy atom. The van der Waals surface area contributed by atoms with Crippen LogP contribution < -0.4 is 4.90 Å². The monoisotopic (exact) mass is 323 g/mol. The number of benzene rings is 1. The van der Waals surface area contributed by atoms with Crippen LogP contribution in [0.4, 0.5) is 5.69 Å². The maximum absolute atomic E-state index is 13.1. The van der Waals surface area contributed by atoms with Gasteiger partial charge in [0.1, 0.15) is 0 Å². The van der Waals surface area contributed by atoms with Gasteiger partial charge in [-0.1, -0.05) is 24.3 Å². The lowest BCUT2D eigenvalue weighted by molar-refractivity contribution is -0.124. The summed E-state index contributed by atoms with van der Waals surface area (Å²) in [6.45, 7) is 0. The minimum atomic E-state index is -0.537. The van der Waals surface area contributed by atoms with Gasteiger partial charge in [-0.15, -0.1) is 0 Å². The van der Waals surface area contributed by atoms with Crippen molar-refractivity contribution in [2.75, 3.05) is 12.0 Å². The highest BCUT2D eigenvalue weighted by atomic mass is 16.5. The van der Waals surface area contributed by atoms with Crippen LogP contribution in [0.25, 0.3) is 0 Å². The Hall–Kier alpha value is -2.43. The number of hydrogen-bond acceptors (Lipinski definition) is 4. The Morgan fingerprint density at radius 2 is 1.62 bits per heavy atom. The number of allylic oxidation sites excluding steroid dienone is 2. The Balaban J connectivity index is 1.59. The molecule has 1 aromatic rings. The molecule has 5 nitrogen and oxygen atoms in total. The Labute approximate surface area is 139 Å². The zero-order valence-corrected chi connectivity index (χ0v) is 13.2. The van der Waals surface area contributed by atoms with E-state index in [4.69, 9.17) is 4.74 Å². The van der Waals surface area contributed by atoms with Gasteiger partial charge >= 0.3 is 5.97 Å². The molecular formula is C19H17NO4. The molecule has 1 heterocycles. The van der Waals surface area contributed by atoms with Gasteiger partial charge in [-0.05, 0) is 42.2 Å². The lowest BCUT2D eigenvalue weighted by Crippen LogP contribution is -2.40. The summed E-state index contributed by atoms with van der Waals surface area (Å²) < 4.78 is 4.80. The molecule has 5 aliphatic rings. The summed E-state index contributed by atoms with van der Waals surface area (Å²) in [5.41, 5.74) is 0.604. The van der Waals surface area contributed by atoms with E-state index in [9.17, 15) is 14.4 Å². The molecule has 0 N–H and O–H groups in total. The molecule has 0 radical (unpaired) electrons. The highest BCUT2D eigenvalue weighted by Crippen LogP contribution is 2.65. The van der Waals surface area contributed by atoms with Gasteiger partial charge in [0.05, 0.1) is 30.2 Å². The molecule has 122 valence electrons. The zero-order chi connectivity index (χ0) is 16.6. The number of rotatable bonds is 2. The number of anilines is 1. The van der Waals surface area contributed by atoms with Crippen molar-refractivity contribution in [1.29, 1.82) is 0 Å². The smallest absolute Gasteiger partial charge is 0.339 e. The molecule has 1 saturated heterocycles. The summed E-state index contributed by atoms with van der Waals surface area (Å²) in [6.07, 6.45) is 5.41. The van der Waals surface area contributed by atoms with E-state index in [1.54, 1.807) is 24.3 Å². The van der Waals surface area contributed by atoms with Gasteiger partial charge in [-0.25, -0.2) is 9.69 Å². The maximum Gasteiger partial charge on any atom is 0.339 e. The van der Waals surface area contributed by atoms with Crippen LogP contribution in [0, 0.1) is 35.5 Å². The molecule has 24 heavy (non-hydrogen) atoms. The molecular weight excluding hydrogens is 306 g/mol. The average Bonchev–Trinajstić information content (AvgIpc) is 3.39. The minimum Gasteiger partial charge on any atom is -0.465 e. The van der Waals surface area contributed by atoms with Gasteiger partial charge in [-0.3, -0.25) is 9.59 Å². The first kappa shape index (κ1) is 14.0. The number of imide groups is 1. The van der Waals surface area contributed by atoms with Gasteiger partial charge in [-0.2, -0.15) is 0 Å². The van der Waals surface area contributed by atoms with Crippen LogP contribution in [0.15, 0.2) is 36.4 Å². The van der Waals surface area contributed by atoms with Crippen molar-refractivity contribution in [2.45, 2.75) is 6.42 Å². The lowest BCUT2D eigenvalue weighted by Gasteiger charge is -2.37. The maximum atomic E-state index is 13.1. The summed E-state index contributed by atoms with van der Waals surface area (Å²) in [6, 6.07) is 6.67. The van der Waals surface area contributed by atoms with Crippen molar-refractivity contribution < 1.29 is 19.1 Å². The topological polar surface area (TPSA) is 63.7 Å². The van der Waals surface area contributed by atoms with E-state index in [0.717, 1.165) is 6.42 Å². The third-order valence-corrected chi connectivity index (χ3v) is 6.21. The number of hydrogen-bond donors (Lipinski definition) is 0. The van der Waals surface area contributed by atoms with E-state index in [-0.39, 0.29) is 41.0 Å². The summed E-state index contributed by atoms with van der Waals surface area (Å²) >= 11 is 0. The van der Waals surface area contributed by atoms with Crippen molar-refractivity contribution in [2.24, 2.45) is 35.5 Å². The fourth-order valence-electron chi connectivity index (χ4n) is 5.15. The van der Waals surface area contributed by atoms with E-state index >= 15 is 0 Å². The Bertz CT molecular complexity index is 777. The summed E-state index contributed by atoms with van der Waals surface area (Å²) in [5, 5.41) is 0. The number of esters is 1. The van der Waals surface area contributed by atoms with Crippen LogP contribution in [0.5, 0.6) is 0 Å². The number of methoxy groups -OCH3 is 1. The van der Waals surface area contributed by atoms with E-state index in [1.807, 2.05) is 0 Å². The fraction of sp³-hybridized carbons (Fsp3) is 0.421. The first-order chi connectivity index (χ1) is 11.6. The van der Waals surface area contributed by atoms with Crippen LogP contribution >= 0.6 is 0 Å². The molecule has 0 unspecified atom stereocenters. The molecule has 2 bridgehead atoms. The second kappa shape index (κ2) is 4.56. The average molecular weight is 323 g/mol. The van der Waals surface area contributed by atoms with Crippen molar-refractivity contribution in [3.63, 3.8) is 0 Å². The fourth-order valence-corrected chi connectivity index (χ4v) is 5.15. The summed E-state index contributed by atoms with van der Waals surface area (Å²) in [4.78, 5) is 39.4. The Kier molecular flexibility index (Phi) is 2.65. The van der Waals surface area contributed by atoms with Crippen LogP contribution in [-0.4, -0.2) is 24.9 Å². The molecule has 6 atom stereocenters. The van der Waals surface area contributed by atoms with Crippen LogP contribution in [0.1, 0.15) is 16.8 Å². The van der Waals surface area contributed by atoms with Gasteiger partial charge in [0.2, 0.25) is 11.8 Å². The molecule has 0 spiro atoms. The number of carbonyl (C=O) groups excluding carboxylic acids is 3. The molecule has 4 aliphatic carbocycles. The molecule has 2 saturated carbocycles. The van der Waals surface area contributed by atoms with E-state index in [1.165, 1.54) is 12.0 Å². The minimum absolute atomic E-state index is 0.161. The van der Waals surface area contributed by atoms with E-state index in [0.29, 0.717) is 17.5 Å². The second-order valence-electron chi connectivity index (χ2n) is 7.18. The molecule has 1 aliphatic heterocycles. The van der Waals surface area contributed by atoms with Gasteiger partial charge in [0, 0.05) is 0 Å². The van der Waals surface area contributed by atoms with Crippen molar-refractivity contribution in [1.82, 2.24) is 0 Å². The van der Waals surface area contributed by atoms with Crippen molar-refractivity contribution in [3.8, 4) is 0 Å². The predicted molar refractivity (Wildman–Crippen MR) is 85.0 cm³/mol. The van der Waals surface area contributed by atoms with Crippen LogP contribution in [0.2, 0.25) is 0 Å². The highest BCUT2D eigenvalue weighted by molar-refractivity contribution is 6.24. The standard InChI is InChI=1S/C19H17NO4/c1-24-19(23)11-4-2-3-5-14(11)20-17(21)15-9-6-7-10(13-8-12(9)13)16(15)18(20)22/h2-7,9-10,12-13,15-16H,8H2,1H3/t9-,10-,12-,13+,15-,16-/m1/s1. The van der Waals surface area contributed by atoms with Gasteiger partial charge in [0.15, 0.2) is 0 Å². The third kappa shape index (κ3) is 1.57. The number of nitrogens with zero attached hydrogens (tertiary/aromatic N) is 1. The van der Waals surface area contributed by atoms with E-state index < -0.39 is 5.97 Å². The largest absolute Gasteiger partial charge is 0.465 e. The number of carbonyl (C=O) groups is 3. The first-order valence-electron chi connectivity index (χ1n) is 8.37. The van der Waals surface area contributed by atoms with Crippen molar-refractivity contribution in [3.05, 3.63) is 42.0 Å². The number of ether oxygens (including phenoxy) is 1. The molecule has 2 amide bonds. The lowest BCUT2D eigenvalue weighted by atomic mass is 9.63. The number of para-hydroxylation sites is 1. The number of amides is 2. The molecule has 6 rings (SSSR count). The normalized spacial score (nSPS) is 38.1. The van der Waals surface area contributed by atoms with Crippen LogP contribution in [-0.2, 0) is 14.3 Å². The van der Waals surface area contributed by atoms with Gasteiger partial charge in [0.25, 0.3) is 0 Å². The third-order valence-electron chi connectivity index (χ3n) is 6.21. The first-order valence-corrected chi connectivity index (χ1v) is 8.37. The molecule has 3 fully saturated rings. The quantitative estimate of drug-likeness (QED) is 0.475.